The monoisotopic (exact) mass is 458 g/mol. The molecule has 2 fully saturated rings. The van der Waals surface area contributed by atoms with Crippen LogP contribution in [0.25, 0.3) is 10.2 Å². The number of nitrogens with one attached hydrogen (secondary N) is 1. The van der Waals surface area contributed by atoms with Crippen LogP contribution in [-0.4, -0.2) is 58.7 Å². The first-order valence-corrected chi connectivity index (χ1v) is 13.0. The van der Waals surface area contributed by atoms with Crippen molar-refractivity contribution >= 4 is 27.5 Å². The number of aryl methyl sites for hydroxylation is 2. The van der Waals surface area contributed by atoms with E-state index in [9.17, 15) is 9.59 Å². The van der Waals surface area contributed by atoms with Crippen molar-refractivity contribution in [2.75, 3.05) is 32.8 Å². The molecule has 1 saturated carbocycles. The lowest BCUT2D eigenvalue weighted by atomic mass is 9.79. The molecular weight excluding hydrogens is 424 g/mol. The molecule has 2 aromatic rings. The van der Waals surface area contributed by atoms with Crippen molar-refractivity contribution in [3.05, 3.63) is 26.6 Å². The second-order valence-corrected chi connectivity index (χ2v) is 10.6. The minimum atomic E-state index is -0.0664. The van der Waals surface area contributed by atoms with Gasteiger partial charge in [-0.05, 0) is 38.2 Å². The summed E-state index contributed by atoms with van der Waals surface area (Å²) in [6.45, 7) is 6.70. The summed E-state index contributed by atoms with van der Waals surface area (Å²) in [6, 6.07) is 0. The van der Waals surface area contributed by atoms with Crippen LogP contribution in [0.1, 0.15) is 72.4 Å². The average molecular weight is 459 g/mol. The van der Waals surface area contributed by atoms with Crippen LogP contribution >= 0.6 is 11.3 Å². The predicted molar refractivity (Wildman–Crippen MR) is 127 cm³/mol. The van der Waals surface area contributed by atoms with E-state index in [0.717, 1.165) is 82.8 Å². The summed E-state index contributed by atoms with van der Waals surface area (Å²) in [7, 11) is 0. The number of hydrogen-bond donors (Lipinski definition) is 1. The summed E-state index contributed by atoms with van der Waals surface area (Å²) in [5.41, 5.74) is 0.831. The Morgan fingerprint density at radius 3 is 2.62 bits per heavy atom. The van der Waals surface area contributed by atoms with Gasteiger partial charge in [0.1, 0.15) is 10.7 Å². The minimum absolute atomic E-state index is 0.0248. The van der Waals surface area contributed by atoms with Crippen molar-refractivity contribution in [1.82, 2.24) is 19.8 Å². The molecule has 2 aliphatic heterocycles. The summed E-state index contributed by atoms with van der Waals surface area (Å²) in [5, 5.41) is 3.89. The van der Waals surface area contributed by atoms with E-state index in [-0.39, 0.29) is 17.0 Å². The first-order chi connectivity index (χ1) is 15.6. The van der Waals surface area contributed by atoms with E-state index < -0.39 is 0 Å². The number of amides is 1. The largest absolute Gasteiger partial charge is 0.379 e. The number of thiophene rings is 1. The van der Waals surface area contributed by atoms with Crippen LogP contribution in [0.4, 0.5) is 0 Å². The molecule has 2 aromatic heterocycles. The third-order valence-electron chi connectivity index (χ3n) is 7.66. The fourth-order valence-corrected chi connectivity index (χ4v) is 6.91. The lowest BCUT2D eigenvalue weighted by Gasteiger charge is -2.48. The van der Waals surface area contributed by atoms with E-state index in [2.05, 4.69) is 10.2 Å². The second-order valence-electron chi connectivity index (χ2n) is 9.60. The quantitative estimate of drug-likeness (QED) is 0.761. The Hall–Kier alpha value is -1.77. The van der Waals surface area contributed by atoms with Gasteiger partial charge in [-0.3, -0.25) is 19.1 Å². The molecule has 8 heteroatoms. The average Bonchev–Trinajstić information content (AvgIpc) is 2.99. The molecule has 1 aliphatic carbocycles. The molecule has 0 aromatic carbocycles. The predicted octanol–water partition coefficient (Wildman–Crippen LogP) is 3.26. The molecule has 0 radical (unpaired) electrons. The van der Waals surface area contributed by atoms with Crippen molar-refractivity contribution in [3.8, 4) is 0 Å². The maximum Gasteiger partial charge on any atom is 0.262 e. The third kappa shape index (κ3) is 4.01. The topological polar surface area (TPSA) is 76.5 Å². The van der Waals surface area contributed by atoms with Gasteiger partial charge >= 0.3 is 0 Å². The van der Waals surface area contributed by atoms with Crippen molar-refractivity contribution in [2.24, 2.45) is 0 Å². The first kappa shape index (κ1) is 22.0. The summed E-state index contributed by atoms with van der Waals surface area (Å²) < 4.78 is 7.41. The first-order valence-electron chi connectivity index (χ1n) is 12.2. The highest BCUT2D eigenvalue weighted by atomic mass is 32.1. The van der Waals surface area contributed by atoms with Crippen LogP contribution < -0.4 is 10.9 Å². The van der Waals surface area contributed by atoms with E-state index in [1.807, 2.05) is 11.5 Å². The number of ether oxygens (including phenoxy) is 1. The van der Waals surface area contributed by atoms with E-state index in [1.165, 1.54) is 30.6 Å². The van der Waals surface area contributed by atoms with Gasteiger partial charge in [0.15, 0.2) is 0 Å². The number of fused-ring (bicyclic) bond motifs is 2. The van der Waals surface area contributed by atoms with Gasteiger partial charge in [0.05, 0.1) is 23.5 Å². The molecule has 0 atom stereocenters. The summed E-state index contributed by atoms with van der Waals surface area (Å²) in [4.78, 5) is 35.2. The molecule has 0 spiro atoms. The number of carbonyl (C=O) groups is 1. The zero-order chi connectivity index (χ0) is 22.1. The summed E-state index contributed by atoms with van der Waals surface area (Å²) in [5.74, 6) is 0.810. The van der Waals surface area contributed by atoms with E-state index in [0.29, 0.717) is 21.6 Å². The molecule has 1 amide bonds. The van der Waals surface area contributed by atoms with Gasteiger partial charge in [0, 0.05) is 38.1 Å². The van der Waals surface area contributed by atoms with Gasteiger partial charge < -0.3 is 10.1 Å². The Balaban J connectivity index is 1.40. The van der Waals surface area contributed by atoms with E-state index in [1.54, 1.807) is 0 Å². The number of aromatic nitrogens is 2. The standard InChI is InChI=1S/C24H34N4O3S/c1-17-19-22(26-18-8-4-2-7-11-28(18)23(19)30)32-20(17)21(29)25-16-24(9-5-3-6-10-24)27-12-14-31-15-13-27/h2-16H2,1H3,(H,25,29). The minimum Gasteiger partial charge on any atom is -0.379 e. The Kier molecular flexibility index (Phi) is 6.36. The van der Waals surface area contributed by atoms with Gasteiger partial charge in [-0.1, -0.05) is 25.7 Å². The van der Waals surface area contributed by atoms with Gasteiger partial charge in [-0.25, -0.2) is 4.98 Å². The molecule has 174 valence electrons. The fraction of sp³-hybridized carbons (Fsp3) is 0.708. The van der Waals surface area contributed by atoms with Gasteiger partial charge in [0.25, 0.3) is 11.5 Å². The molecule has 0 bridgehead atoms. The van der Waals surface area contributed by atoms with Crippen LogP contribution in [0.5, 0.6) is 0 Å². The molecule has 0 unspecified atom stereocenters. The van der Waals surface area contributed by atoms with Crippen molar-refractivity contribution in [3.63, 3.8) is 0 Å². The Morgan fingerprint density at radius 1 is 1.09 bits per heavy atom. The summed E-state index contributed by atoms with van der Waals surface area (Å²) >= 11 is 1.38. The van der Waals surface area contributed by atoms with Crippen molar-refractivity contribution in [1.29, 1.82) is 0 Å². The van der Waals surface area contributed by atoms with Crippen LogP contribution in [0, 0.1) is 6.92 Å². The normalized spacial score (nSPS) is 21.8. The lowest BCUT2D eigenvalue weighted by molar-refractivity contribution is -0.0361. The van der Waals surface area contributed by atoms with Crippen LogP contribution in [0.15, 0.2) is 4.79 Å². The smallest absolute Gasteiger partial charge is 0.262 e. The molecule has 5 rings (SSSR count). The number of nitrogens with zero attached hydrogens (tertiary/aromatic N) is 3. The Morgan fingerprint density at radius 2 is 1.84 bits per heavy atom. The molecule has 1 N–H and O–H groups in total. The van der Waals surface area contributed by atoms with Gasteiger partial charge in [-0.15, -0.1) is 11.3 Å². The highest BCUT2D eigenvalue weighted by Gasteiger charge is 2.39. The number of hydrogen-bond acceptors (Lipinski definition) is 6. The maximum atomic E-state index is 13.3. The van der Waals surface area contributed by atoms with Gasteiger partial charge in [0.2, 0.25) is 0 Å². The highest BCUT2D eigenvalue weighted by molar-refractivity contribution is 7.20. The van der Waals surface area contributed by atoms with Crippen LogP contribution in [-0.2, 0) is 17.7 Å². The van der Waals surface area contributed by atoms with Crippen molar-refractivity contribution < 1.29 is 9.53 Å². The van der Waals surface area contributed by atoms with E-state index in [4.69, 9.17) is 9.72 Å². The molecule has 4 heterocycles. The molecule has 7 nitrogen and oxygen atoms in total. The number of carbonyl (C=O) groups excluding carboxylic acids is 1. The lowest BCUT2D eigenvalue weighted by Crippen LogP contribution is -2.59. The van der Waals surface area contributed by atoms with Crippen LogP contribution in [0.2, 0.25) is 0 Å². The number of rotatable bonds is 4. The molecule has 3 aliphatic rings. The molecular formula is C24H34N4O3S. The van der Waals surface area contributed by atoms with Crippen LogP contribution in [0.3, 0.4) is 0 Å². The Labute approximate surface area is 193 Å². The SMILES string of the molecule is Cc1c(C(=O)NCC2(N3CCOCC3)CCCCC2)sc2nc3n(c(=O)c12)CCCCC3. The molecule has 1 saturated heterocycles. The zero-order valence-electron chi connectivity index (χ0n) is 19.1. The third-order valence-corrected chi connectivity index (χ3v) is 8.85. The molecule has 32 heavy (non-hydrogen) atoms. The Bertz CT molecular complexity index is 1050. The fourth-order valence-electron chi connectivity index (χ4n) is 5.80. The summed E-state index contributed by atoms with van der Waals surface area (Å²) in [6.07, 6.45) is 9.99. The maximum absolute atomic E-state index is 13.3. The highest BCUT2D eigenvalue weighted by Crippen LogP contribution is 2.34. The number of morpholine rings is 1. The van der Waals surface area contributed by atoms with E-state index >= 15 is 0 Å². The van der Waals surface area contributed by atoms with Crippen molar-refractivity contribution in [2.45, 2.75) is 76.8 Å². The second kappa shape index (κ2) is 9.23. The van der Waals surface area contributed by atoms with Gasteiger partial charge in [-0.2, -0.15) is 0 Å². The zero-order valence-corrected chi connectivity index (χ0v) is 19.9.